The van der Waals surface area contributed by atoms with Crippen molar-refractivity contribution in [2.24, 2.45) is 0 Å². The highest BCUT2D eigenvalue weighted by atomic mass is 32.1. The highest BCUT2D eigenvalue weighted by molar-refractivity contribution is 7.17. The van der Waals surface area contributed by atoms with Crippen LogP contribution in [0.2, 0.25) is 0 Å². The van der Waals surface area contributed by atoms with Gasteiger partial charge in [-0.05, 0) is 41.6 Å². The van der Waals surface area contributed by atoms with Crippen molar-refractivity contribution in [3.05, 3.63) is 35.0 Å². The van der Waals surface area contributed by atoms with E-state index < -0.39 is 0 Å². The molecule has 1 aromatic heterocycles. The number of rotatable bonds is 2. The van der Waals surface area contributed by atoms with Crippen LogP contribution in [0, 0.1) is 5.82 Å². The first-order valence-electron chi connectivity index (χ1n) is 5.94. The molecule has 2 nitrogen and oxygen atoms in total. The van der Waals surface area contributed by atoms with E-state index in [4.69, 9.17) is 4.74 Å². The Morgan fingerprint density at radius 2 is 2.28 bits per heavy atom. The molecule has 3 rings (SSSR count). The topological polar surface area (TPSA) is 21.3 Å². The summed E-state index contributed by atoms with van der Waals surface area (Å²) < 4.78 is 19.7. The maximum absolute atomic E-state index is 13.6. The summed E-state index contributed by atoms with van der Waals surface area (Å²) in [6.45, 7) is 1.91. The van der Waals surface area contributed by atoms with Crippen molar-refractivity contribution in [2.75, 3.05) is 20.2 Å². The van der Waals surface area contributed by atoms with E-state index in [1.165, 1.54) is 18.2 Å². The van der Waals surface area contributed by atoms with Gasteiger partial charge in [0.2, 0.25) is 0 Å². The van der Waals surface area contributed by atoms with Gasteiger partial charge < -0.3 is 10.1 Å². The number of benzene rings is 1. The lowest BCUT2D eigenvalue weighted by Gasteiger charge is -2.13. The van der Waals surface area contributed by atoms with Gasteiger partial charge in [0.1, 0.15) is 0 Å². The Hall–Kier alpha value is -1.39. The Bertz CT molecular complexity index is 618. The number of methoxy groups -OCH3 is 1. The van der Waals surface area contributed by atoms with Crippen LogP contribution in [-0.4, -0.2) is 20.2 Å². The quantitative estimate of drug-likeness (QED) is 0.896. The minimum atomic E-state index is -0.294. The zero-order chi connectivity index (χ0) is 12.5. The Labute approximate surface area is 109 Å². The third-order valence-electron chi connectivity index (χ3n) is 3.26. The van der Waals surface area contributed by atoms with E-state index in [-0.39, 0.29) is 5.82 Å². The van der Waals surface area contributed by atoms with Crippen LogP contribution in [-0.2, 0) is 0 Å². The number of fused-ring (bicyclic) bond motifs is 1. The summed E-state index contributed by atoms with van der Waals surface area (Å²) in [5.41, 5.74) is 2.56. The van der Waals surface area contributed by atoms with Crippen molar-refractivity contribution in [3.8, 4) is 5.75 Å². The number of thiophene rings is 1. The first-order chi connectivity index (χ1) is 8.79. The van der Waals surface area contributed by atoms with Crippen molar-refractivity contribution >= 4 is 27.0 Å². The molecule has 0 atom stereocenters. The predicted molar refractivity (Wildman–Crippen MR) is 73.8 cm³/mol. The van der Waals surface area contributed by atoms with E-state index in [0.717, 1.165) is 29.6 Å². The predicted octanol–water partition coefficient (Wildman–Crippen LogP) is 3.43. The maximum Gasteiger partial charge on any atom is 0.166 e. The van der Waals surface area contributed by atoms with E-state index in [2.05, 4.69) is 16.8 Å². The molecule has 94 valence electrons. The van der Waals surface area contributed by atoms with Crippen molar-refractivity contribution < 1.29 is 9.13 Å². The standard InChI is InChI=1S/C14H14FNOS/c1-17-13-6-10-11(9-2-4-16-5-3-9)8-18-14(10)7-12(13)15/h2,6-8,16H,3-5H2,1H3. The van der Waals surface area contributed by atoms with E-state index in [1.807, 2.05) is 0 Å². The summed E-state index contributed by atoms with van der Waals surface area (Å²) in [7, 11) is 1.50. The maximum atomic E-state index is 13.6. The van der Waals surface area contributed by atoms with Crippen LogP contribution in [0.5, 0.6) is 5.75 Å². The number of halogens is 1. The molecule has 0 saturated heterocycles. The van der Waals surface area contributed by atoms with Gasteiger partial charge in [0, 0.05) is 16.6 Å². The second-order valence-corrected chi connectivity index (χ2v) is 5.23. The van der Waals surface area contributed by atoms with E-state index >= 15 is 0 Å². The molecule has 0 saturated carbocycles. The fourth-order valence-electron chi connectivity index (χ4n) is 2.30. The van der Waals surface area contributed by atoms with Gasteiger partial charge in [0.05, 0.1) is 7.11 Å². The molecule has 0 spiro atoms. The molecular formula is C14H14FNOS. The fraction of sp³-hybridized carbons (Fsp3) is 0.286. The van der Waals surface area contributed by atoms with Crippen LogP contribution in [0.3, 0.4) is 0 Å². The first-order valence-corrected chi connectivity index (χ1v) is 6.82. The van der Waals surface area contributed by atoms with Crippen molar-refractivity contribution in [1.29, 1.82) is 0 Å². The second kappa shape index (κ2) is 4.71. The van der Waals surface area contributed by atoms with Gasteiger partial charge >= 0.3 is 0 Å². The molecule has 0 amide bonds. The zero-order valence-electron chi connectivity index (χ0n) is 10.1. The molecule has 1 aliphatic rings. The van der Waals surface area contributed by atoms with Gasteiger partial charge in [0.25, 0.3) is 0 Å². The Kier molecular flexibility index (Phi) is 3.06. The zero-order valence-corrected chi connectivity index (χ0v) is 10.9. The van der Waals surface area contributed by atoms with Crippen molar-refractivity contribution in [1.82, 2.24) is 5.32 Å². The summed E-state index contributed by atoms with van der Waals surface area (Å²) in [4.78, 5) is 0. The normalized spacial score (nSPS) is 15.8. The van der Waals surface area contributed by atoms with Crippen LogP contribution in [0.4, 0.5) is 4.39 Å². The smallest absolute Gasteiger partial charge is 0.166 e. The second-order valence-electron chi connectivity index (χ2n) is 4.32. The van der Waals surface area contributed by atoms with Crippen molar-refractivity contribution in [3.63, 3.8) is 0 Å². The SMILES string of the molecule is COc1cc2c(C3=CCNCC3)csc2cc1F. The molecule has 1 aromatic carbocycles. The summed E-state index contributed by atoms with van der Waals surface area (Å²) >= 11 is 1.58. The minimum Gasteiger partial charge on any atom is -0.494 e. The highest BCUT2D eigenvalue weighted by Gasteiger charge is 2.14. The number of hydrogen-bond donors (Lipinski definition) is 1. The molecule has 0 aliphatic carbocycles. The molecule has 0 fully saturated rings. The van der Waals surface area contributed by atoms with E-state index in [9.17, 15) is 4.39 Å². The largest absolute Gasteiger partial charge is 0.494 e. The van der Waals surface area contributed by atoms with Gasteiger partial charge in [-0.3, -0.25) is 0 Å². The highest BCUT2D eigenvalue weighted by Crippen LogP contribution is 2.36. The van der Waals surface area contributed by atoms with Crippen LogP contribution in [0.1, 0.15) is 12.0 Å². The van der Waals surface area contributed by atoms with Gasteiger partial charge in [-0.2, -0.15) is 0 Å². The van der Waals surface area contributed by atoms with Gasteiger partial charge in [-0.15, -0.1) is 11.3 Å². The van der Waals surface area contributed by atoms with Gasteiger partial charge in [0.15, 0.2) is 11.6 Å². The molecule has 2 heterocycles. The van der Waals surface area contributed by atoms with Crippen LogP contribution >= 0.6 is 11.3 Å². The molecule has 0 radical (unpaired) electrons. The Balaban J connectivity index is 2.15. The van der Waals surface area contributed by atoms with Crippen molar-refractivity contribution in [2.45, 2.75) is 6.42 Å². The van der Waals surface area contributed by atoms with Crippen LogP contribution < -0.4 is 10.1 Å². The number of nitrogens with one attached hydrogen (secondary N) is 1. The Morgan fingerprint density at radius 1 is 1.39 bits per heavy atom. The summed E-state index contributed by atoms with van der Waals surface area (Å²) in [6, 6.07) is 3.36. The molecule has 18 heavy (non-hydrogen) atoms. The third-order valence-corrected chi connectivity index (χ3v) is 4.20. The molecule has 4 heteroatoms. The van der Waals surface area contributed by atoms with E-state index in [1.54, 1.807) is 23.5 Å². The average molecular weight is 263 g/mol. The molecule has 2 aromatic rings. The lowest BCUT2D eigenvalue weighted by atomic mass is 9.99. The van der Waals surface area contributed by atoms with E-state index in [0.29, 0.717) is 5.75 Å². The summed E-state index contributed by atoms with van der Waals surface area (Å²) in [5, 5.41) is 6.50. The average Bonchev–Trinajstić information content (AvgIpc) is 2.81. The van der Waals surface area contributed by atoms with Crippen LogP contribution in [0.25, 0.3) is 15.7 Å². The minimum absolute atomic E-state index is 0.294. The first kappa shape index (κ1) is 11.7. The van der Waals surface area contributed by atoms with Gasteiger partial charge in [-0.25, -0.2) is 4.39 Å². The van der Waals surface area contributed by atoms with Gasteiger partial charge in [-0.1, -0.05) is 6.08 Å². The number of ether oxygens (including phenoxy) is 1. The third kappa shape index (κ3) is 1.91. The summed E-state index contributed by atoms with van der Waals surface area (Å²) in [6.07, 6.45) is 3.23. The molecule has 0 bridgehead atoms. The fourth-order valence-corrected chi connectivity index (χ4v) is 3.29. The Morgan fingerprint density at radius 3 is 3.00 bits per heavy atom. The summed E-state index contributed by atoms with van der Waals surface area (Å²) in [5.74, 6) is 0.0226. The number of hydrogen-bond acceptors (Lipinski definition) is 3. The molecular weight excluding hydrogens is 249 g/mol. The molecule has 1 aliphatic heterocycles. The lowest BCUT2D eigenvalue weighted by molar-refractivity contribution is 0.387. The monoisotopic (exact) mass is 263 g/mol. The van der Waals surface area contributed by atoms with Crippen LogP contribution in [0.15, 0.2) is 23.6 Å². The molecule has 1 N–H and O–H groups in total. The lowest BCUT2D eigenvalue weighted by Crippen LogP contribution is -2.19. The molecule has 0 unspecified atom stereocenters.